The van der Waals surface area contributed by atoms with Crippen molar-refractivity contribution < 1.29 is 19.0 Å². The van der Waals surface area contributed by atoms with Gasteiger partial charge in [-0.15, -0.1) is 0 Å². The lowest BCUT2D eigenvalue weighted by atomic mass is 10.2. The van der Waals surface area contributed by atoms with Gasteiger partial charge in [-0.3, -0.25) is 4.90 Å². The van der Waals surface area contributed by atoms with Crippen molar-refractivity contribution in [3.8, 4) is 23.1 Å². The fraction of sp³-hybridized carbons (Fsp3) is 0.423. The molecular weight excluding hydrogens is 496 g/mol. The van der Waals surface area contributed by atoms with E-state index in [1.54, 1.807) is 25.3 Å². The first-order chi connectivity index (χ1) is 18.0. The molecule has 10 nitrogen and oxygen atoms in total. The summed E-state index contributed by atoms with van der Waals surface area (Å²) in [4.78, 5) is 25.4. The highest BCUT2D eigenvalue weighted by atomic mass is 35.5. The van der Waals surface area contributed by atoms with Crippen molar-refractivity contribution in [2.24, 2.45) is 0 Å². The number of hydrogen-bond donors (Lipinski definition) is 2. The molecule has 1 aliphatic rings. The summed E-state index contributed by atoms with van der Waals surface area (Å²) in [6, 6.07) is 8.35. The summed E-state index contributed by atoms with van der Waals surface area (Å²) < 4.78 is 17.7. The number of piperazine rings is 1. The van der Waals surface area contributed by atoms with E-state index < -0.39 is 0 Å². The Morgan fingerprint density at radius 3 is 2.65 bits per heavy atom. The van der Waals surface area contributed by atoms with Crippen molar-refractivity contribution in [2.45, 2.75) is 13.3 Å². The van der Waals surface area contributed by atoms with E-state index in [0.29, 0.717) is 57.9 Å². The number of amides is 2. The number of rotatable bonds is 10. The SMILES string of the molecule is CCCNC(=O)Nc1ccc(Oc2ncnc3cc(OCCN4CCN(C)CC4)c(OC)cc23)cc1Cl. The zero-order valence-electron chi connectivity index (χ0n) is 21.4. The van der Waals surface area contributed by atoms with E-state index in [1.165, 1.54) is 6.33 Å². The highest BCUT2D eigenvalue weighted by molar-refractivity contribution is 6.33. The maximum Gasteiger partial charge on any atom is 0.319 e. The van der Waals surface area contributed by atoms with Gasteiger partial charge in [0, 0.05) is 51.4 Å². The minimum absolute atomic E-state index is 0.312. The lowest BCUT2D eigenvalue weighted by Crippen LogP contribution is -2.45. The van der Waals surface area contributed by atoms with Crippen LogP contribution in [0.5, 0.6) is 23.1 Å². The fourth-order valence-electron chi connectivity index (χ4n) is 3.93. The van der Waals surface area contributed by atoms with Crippen LogP contribution in [-0.4, -0.2) is 85.8 Å². The molecule has 1 aromatic heterocycles. The van der Waals surface area contributed by atoms with E-state index in [9.17, 15) is 4.79 Å². The lowest BCUT2D eigenvalue weighted by Gasteiger charge is -2.32. The lowest BCUT2D eigenvalue weighted by molar-refractivity contribution is 0.133. The van der Waals surface area contributed by atoms with Gasteiger partial charge in [0.15, 0.2) is 11.5 Å². The van der Waals surface area contributed by atoms with Crippen LogP contribution in [0.25, 0.3) is 10.9 Å². The highest BCUT2D eigenvalue weighted by Crippen LogP contribution is 2.37. The summed E-state index contributed by atoms with van der Waals surface area (Å²) in [6.07, 6.45) is 2.28. The normalized spacial score (nSPS) is 14.4. The number of nitrogens with one attached hydrogen (secondary N) is 2. The largest absolute Gasteiger partial charge is 0.493 e. The van der Waals surface area contributed by atoms with Crippen molar-refractivity contribution in [2.75, 3.05) is 65.3 Å². The first kappa shape index (κ1) is 26.7. The van der Waals surface area contributed by atoms with Gasteiger partial charge in [-0.05, 0) is 31.7 Å². The predicted molar refractivity (Wildman–Crippen MR) is 144 cm³/mol. The van der Waals surface area contributed by atoms with Crippen LogP contribution in [0.1, 0.15) is 13.3 Å². The highest BCUT2D eigenvalue weighted by Gasteiger charge is 2.16. The average Bonchev–Trinajstić information content (AvgIpc) is 2.90. The van der Waals surface area contributed by atoms with E-state index >= 15 is 0 Å². The number of benzene rings is 2. The van der Waals surface area contributed by atoms with Crippen molar-refractivity contribution >= 4 is 34.2 Å². The summed E-state index contributed by atoms with van der Waals surface area (Å²) in [7, 11) is 3.74. The Hall–Kier alpha value is -3.34. The number of nitrogens with zero attached hydrogens (tertiary/aromatic N) is 4. The number of methoxy groups -OCH3 is 1. The van der Waals surface area contributed by atoms with E-state index in [0.717, 1.165) is 39.1 Å². The first-order valence-electron chi connectivity index (χ1n) is 12.4. The maximum atomic E-state index is 11.9. The van der Waals surface area contributed by atoms with Crippen LogP contribution in [-0.2, 0) is 0 Å². The van der Waals surface area contributed by atoms with Crippen molar-refractivity contribution in [3.63, 3.8) is 0 Å². The Kier molecular flexibility index (Phi) is 9.21. The number of likely N-dealkylation sites (N-methyl/N-ethyl adjacent to an activating group) is 1. The number of urea groups is 1. The summed E-state index contributed by atoms with van der Waals surface area (Å²) in [5.74, 6) is 2.01. The van der Waals surface area contributed by atoms with E-state index in [4.69, 9.17) is 25.8 Å². The van der Waals surface area contributed by atoms with Crippen molar-refractivity contribution in [1.29, 1.82) is 0 Å². The van der Waals surface area contributed by atoms with E-state index in [2.05, 4.69) is 37.4 Å². The molecule has 0 spiro atoms. The van der Waals surface area contributed by atoms with Crippen LogP contribution in [0.2, 0.25) is 5.02 Å². The molecule has 0 aliphatic carbocycles. The molecule has 2 heterocycles. The van der Waals surface area contributed by atoms with Crippen LogP contribution in [0, 0.1) is 0 Å². The molecule has 2 aromatic carbocycles. The molecule has 11 heteroatoms. The standard InChI is InChI=1S/C26H33ClN6O4/c1-4-7-28-26(34)31-21-6-5-18(14-20(21)27)37-25-19-15-23(35-3)24(16-22(19)29-17-30-25)36-13-12-33-10-8-32(2)9-11-33/h5-6,14-17H,4,7-13H2,1-3H3,(H2,28,31,34). The molecule has 2 amide bonds. The van der Waals surface area contributed by atoms with Gasteiger partial charge in [0.05, 0.1) is 28.7 Å². The zero-order valence-corrected chi connectivity index (χ0v) is 22.2. The molecule has 1 saturated heterocycles. The maximum absolute atomic E-state index is 11.9. The number of hydrogen-bond acceptors (Lipinski definition) is 8. The second-order valence-corrected chi connectivity index (χ2v) is 9.22. The monoisotopic (exact) mass is 528 g/mol. The fourth-order valence-corrected chi connectivity index (χ4v) is 4.15. The zero-order chi connectivity index (χ0) is 26.2. The molecule has 0 bridgehead atoms. The van der Waals surface area contributed by atoms with Crippen LogP contribution < -0.4 is 24.8 Å². The Morgan fingerprint density at radius 2 is 1.92 bits per heavy atom. The third-order valence-electron chi connectivity index (χ3n) is 6.08. The number of halogens is 1. The van der Waals surface area contributed by atoms with Crippen LogP contribution in [0.4, 0.5) is 10.5 Å². The molecule has 0 radical (unpaired) electrons. The summed E-state index contributed by atoms with van der Waals surface area (Å²) in [5.41, 5.74) is 1.15. The van der Waals surface area contributed by atoms with Crippen LogP contribution in [0.3, 0.4) is 0 Å². The Labute approximate surface area is 221 Å². The van der Waals surface area contributed by atoms with Gasteiger partial charge in [0.25, 0.3) is 0 Å². The second-order valence-electron chi connectivity index (χ2n) is 8.82. The van der Waals surface area contributed by atoms with Gasteiger partial charge in [-0.1, -0.05) is 18.5 Å². The van der Waals surface area contributed by atoms with Gasteiger partial charge >= 0.3 is 6.03 Å². The number of carbonyl (C=O) groups excluding carboxylic acids is 1. The molecule has 1 aliphatic heterocycles. The average molecular weight is 529 g/mol. The van der Waals surface area contributed by atoms with Crippen molar-refractivity contribution in [3.05, 3.63) is 41.7 Å². The number of carbonyl (C=O) groups is 1. The van der Waals surface area contributed by atoms with Gasteiger partial charge < -0.3 is 29.7 Å². The minimum atomic E-state index is -0.312. The summed E-state index contributed by atoms with van der Waals surface area (Å²) in [5, 5.41) is 6.49. The van der Waals surface area contributed by atoms with Crippen LogP contribution in [0.15, 0.2) is 36.7 Å². The molecule has 37 heavy (non-hydrogen) atoms. The Balaban J connectivity index is 1.46. The molecule has 0 saturated carbocycles. The topological polar surface area (TPSA) is 101 Å². The number of anilines is 1. The molecule has 4 rings (SSSR count). The third-order valence-corrected chi connectivity index (χ3v) is 6.40. The molecule has 1 fully saturated rings. The summed E-state index contributed by atoms with van der Waals surface area (Å²) in [6.45, 7) is 8.17. The molecule has 0 unspecified atom stereocenters. The molecule has 2 N–H and O–H groups in total. The molecule has 3 aromatic rings. The number of fused-ring (bicyclic) bond motifs is 1. The third kappa shape index (κ3) is 7.12. The van der Waals surface area contributed by atoms with Crippen molar-refractivity contribution in [1.82, 2.24) is 25.1 Å². The summed E-state index contributed by atoms with van der Waals surface area (Å²) >= 11 is 6.37. The first-order valence-corrected chi connectivity index (χ1v) is 12.7. The van der Waals surface area contributed by atoms with E-state index in [-0.39, 0.29) is 6.03 Å². The smallest absolute Gasteiger partial charge is 0.319 e. The number of aromatic nitrogens is 2. The quantitative estimate of drug-likeness (QED) is 0.403. The van der Waals surface area contributed by atoms with Gasteiger partial charge in [0.2, 0.25) is 5.88 Å². The van der Waals surface area contributed by atoms with Crippen LogP contribution >= 0.6 is 11.6 Å². The van der Waals surface area contributed by atoms with Gasteiger partial charge in [-0.2, -0.15) is 0 Å². The minimum Gasteiger partial charge on any atom is -0.493 e. The molecule has 0 atom stereocenters. The Bertz CT molecular complexity index is 1220. The van der Waals surface area contributed by atoms with Gasteiger partial charge in [0.1, 0.15) is 18.7 Å². The second kappa shape index (κ2) is 12.8. The molecule has 198 valence electrons. The van der Waals surface area contributed by atoms with Gasteiger partial charge in [-0.25, -0.2) is 14.8 Å². The predicted octanol–water partition coefficient (Wildman–Crippen LogP) is 4.24. The molecular formula is C26H33ClN6O4. The number of ether oxygens (including phenoxy) is 3. The van der Waals surface area contributed by atoms with E-state index in [1.807, 2.05) is 19.1 Å². The Morgan fingerprint density at radius 1 is 1.11 bits per heavy atom.